The van der Waals surface area contributed by atoms with Crippen molar-refractivity contribution in [3.05, 3.63) is 78.5 Å². The Labute approximate surface area is 156 Å². The number of pyridine rings is 2. The van der Waals surface area contributed by atoms with Gasteiger partial charge in [-0.3, -0.25) is 4.98 Å². The molecule has 0 spiro atoms. The van der Waals surface area contributed by atoms with Gasteiger partial charge in [0.25, 0.3) is 0 Å². The number of fused-ring (bicyclic) bond motifs is 1. The van der Waals surface area contributed by atoms with Gasteiger partial charge in [0.1, 0.15) is 12.0 Å². The van der Waals surface area contributed by atoms with Crippen LogP contribution >= 0.6 is 0 Å². The normalized spacial score (nSPS) is 12.2. The van der Waals surface area contributed by atoms with Gasteiger partial charge < -0.3 is 16.7 Å². The monoisotopic (exact) mass is 357 g/mol. The van der Waals surface area contributed by atoms with E-state index in [9.17, 15) is 0 Å². The van der Waals surface area contributed by atoms with Crippen molar-refractivity contribution in [1.82, 2.24) is 15.4 Å². The van der Waals surface area contributed by atoms with Crippen LogP contribution in [0.2, 0.25) is 0 Å². The number of anilines is 1. The highest BCUT2D eigenvalue weighted by Gasteiger charge is 2.09. The lowest BCUT2D eigenvalue weighted by molar-refractivity contribution is 0.128. The van der Waals surface area contributed by atoms with Crippen LogP contribution in [0, 0.1) is 0 Å². The molecule has 1 unspecified atom stereocenters. The second-order valence-electron chi connectivity index (χ2n) is 6.27. The molecule has 0 radical (unpaired) electrons. The van der Waals surface area contributed by atoms with E-state index in [1.165, 1.54) is 0 Å². The van der Waals surface area contributed by atoms with Crippen molar-refractivity contribution in [3.63, 3.8) is 0 Å². The number of aromatic nitrogens is 2. The fraction of sp³-hybridized carbons (Fsp3) is 0.0476. The molecular weight excluding hydrogens is 338 g/mol. The molecule has 0 amide bonds. The summed E-state index contributed by atoms with van der Waals surface area (Å²) in [5, 5.41) is 9.95. The number of nitrogens with one attached hydrogen (secondary N) is 1. The SMILES string of the molecule is Nc1cc(-c2ccc(-c3ccc(C(N)NO)cc3)nc2)c2ccccc2n1. The zero-order chi connectivity index (χ0) is 18.8. The van der Waals surface area contributed by atoms with Gasteiger partial charge in [0.15, 0.2) is 0 Å². The topological polar surface area (TPSA) is 110 Å². The maximum Gasteiger partial charge on any atom is 0.124 e. The van der Waals surface area contributed by atoms with E-state index < -0.39 is 6.17 Å². The fourth-order valence-corrected chi connectivity index (χ4v) is 3.09. The Hall–Kier alpha value is -3.32. The number of hydrogen-bond donors (Lipinski definition) is 4. The van der Waals surface area contributed by atoms with E-state index >= 15 is 0 Å². The van der Waals surface area contributed by atoms with E-state index in [2.05, 4.69) is 9.97 Å². The van der Waals surface area contributed by atoms with Gasteiger partial charge in [-0.15, -0.1) is 0 Å². The smallest absolute Gasteiger partial charge is 0.124 e. The molecule has 2 aromatic heterocycles. The third-order valence-corrected chi connectivity index (χ3v) is 4.52. The Bertz CT molecular complexity index is 1080. The highest BCUT2D eigenvalue weighted by atomic mass is 16.5. The van der Waals surface area contributed by atoms with Crippen molar-refractivity contribution < 1.29 is 5.21 Å². The zero-order valence-corrected chi connectivity index (χ0v) is 14.5. The molecule has 27 heavy (non-hydrogen) atoms. The van der Waals surface area contributed by atoms with E-state index in [0.29, 0.717) is 5.82 Å². The second-order valence-corrected chi connectivity index (χ2v) is 6.27. The van der Waals surface area contributed by atoms with Crippen LogP contribution in [-0.2, 0) is 0 Å². The molecule has 6 N–H and O–H groups in total. The standard InChI is InChI=1S/C21H19N5O/c22-20-11-17(16-3-1-2-4-19(16)25-20)15-9-10-18(24-12-15)13-5-7-14(8-6-13)21(23)26-27/h1-12,21,26-27H,23H2,(H2,22,25). The Balaban J connectivity index is 1.69. The number of benzene rings is 2. The first-order valence-corrected chi connectivity index (χ1v) is 8.53. The summed E-state index contributed by atoms with van der Waals surface area (Å²) in [4.78, 5) is 8.98. The molecule has 6 nitrogen and oxygen atoms in total. The van der Waals surface area contributed by atoms with Crippen LogP contribution in [0.25, 0.3) is 33.3 Å². The average Bonchev–Trinajstić information content (AvgIpc) is 2.73. The number of rotatable bonds is 4. The molecule has 0 fully saturated rings. The molecule has 0 aliphatic carbocycles. The molecule has 4 aromatic rings. The van der Waals surface area contributed by atoms with Crippen LogP contribution in [0.5, 0.6) is 0 Å². The van der Waals surface area contributed by atoms with Gasteiger partial charge in [-0.05, 0) is 29.3 Å². The third-order valence-electron chi connectivity index (χ3n) is 4.52. The predicted molar refractivity (Wildman–Crippen MR) is 107 cm³/mol. The minimum absolute atomic E-state index is 0.484. The Morgan fingerprint density at radius 2 is 1.67 bits per heavy atom. The van der Waals surface area contributed by atoms with Crippen LogP contribution in [0.15, 0.2) is 72.9 Å². The first kappa shape index (κ1) is 17.1. The second kappa shape index (κ2) is 7.13. The number of nitrogens with zero attached hydrogens (tertiary/aromatic N) is 2. The van der Waals surface area contributed by atoms with Crippen LogP contribution in [-0.4, -0.2) is 15.2 Å². The van der Waals surface area contributed by atoms with Crippen molar-refractivity contribution in [2.75, 3.05) is 5.73 Å². The van der Waals surface area contributed by atoms with Crippen molar-refractivity contribution in [1.29, 1.82) is 0 Å². The largest absolute Gasteiger partial charge is 0.384 e. The molecule has 134 valence electrons. The summed E-state index contributed by atoms with van der Waals surface area (Å²) in [5.74, 6) is 0.484. The Morgan fingerprint density at radius 1 is 0.926 bits per heavy atom. The lowest BCUT2D eigenvalue weighted by Crippen LogP contribution is -2.25. The van der Waals surface area contributed by atoms with Gasteiger partial charge >= 0.3 is 0 Å². The molecule has 0 aliphatic heterocycles. The highest BCUT2D eigenvalue weighted by Crippen LogP contribution is 2.30. The number of para-hydroxylation sites is 1. The lowest BCUT2D eigenvalue weighted by atomic mass is 10.0. The van der Waals surface area contributed by atoms with Gasteiger partial charge in [-0.25, -0.2) is 4.98 Å². The summed E-state index contributed by atoms with van der Waals surface area (Å²) in [6, 6.07) is 21.3. The fourth-order valence-electron chi connectivity index (χ4n) is 3.09. The Morgan fingerprint density at radius 3 is 2.37 bits per heavy atom. The number of nitrogens with two attached hydrogens (primary N) is 2. The molecule has 2 heterocycles. The number of nitrogen functional groups attached to an aromatic ring is 1. The third kappa shape index (κ3) is 3.37. The van der Waals surface area contributed by atoms with Gasteiger partial charge in [0.2, 0.25) is 0 Å². The summed E-state index contributed by atoms with van der Waals surface area (Å²) in [6.45, 7) is 0. The summed E-state index contributed by atoms with van der Waals surface area (Å²) in [6.07, 6.45) is 1.23. The molecule has 1 atom stereocenters. The van der Waals surface area contributed by atoms with Crippen molar-refractivity contribution in [2.24, 2.45) is 5.73 Å². The molecule has 0 saturated carbocycles. The highest BCUT2D eigenvalue weighted by molar-refractivity contribution is 5.95. The van der Waals surface area contributed by atoms with E-state index in [-0.39, 0.29) is 0 Å². The van der Waals surface area contributed by atoms with Crippen molar-refractivity contribution in [3.8, 4) is 22.4 Å². The summed E-state index contributed by atoms with van der Waals surface area (Å²) < 4.78 is 0. The average molecular weight is 357 g/mol. The quantitative estimate of drug-likeness (QED) is 0.329. The molecule has 0 aliphatic rings. The molecule has 4 rings (SSSR count). The maximum atomic E-state index is 8.91. The zero-order valence-electron chi connectivity index (χ0n) is 14.5. The molecule has 0 bridgehead atoms. The molecule has 2 aromatic carbocycles. The van der Waals surface area contributed by atoms with Gasteiger partial charge in [-0.1, -0.05) is 48.5 Å². The summed E-state index contributed by atoms with van der Waals surface area (Å²) >= 11 is 0. The first-order valence-electron chi connectivity index (χ1n) is 8.53. The van der Waals surface area contributed by atoms with E-state index in [4.69, 9.17) is 16.7 Å². The van der Waals surface area contributed by atoms with Gasteiger partial charge in [0, 0.05) is 22.7 Å². The van der Waals surface area contributed by atoms with Crippen LogP contribution in [0.1, 0.15) is 11.7 Å². The molecule has 6 heteroatoms. The van der Waals surface area contributed by atoms with Gasteiger partial charge in [0.05, 0.1) is 11.2 Å². The number of hydroxylamine groups is 1. The van der Waals surface area contributed by atoms with E-state index in [0.717, 1.165) is 38.9 Å². The predicted octanol–water partition coefficient (Wildman–Crippen LogP) is 3.48. The van der Waals surface area contributed by atoms with Crippen LogP contribution in [0.4, 0.5) is 5.82 Å². The van der Waals surface area contributed by atoms with E-state index in [1.807, 2.05) is 78.4 Å². The Kier molecular flexibility index (Phi) is 4.52. The molecule has 0 saturated heterocycles. The van der Waals surface area contributed by atoms with Crippen LogP contribution in [0.3, 0.4) is 0 Å². The van der Waals surface area contributed by atoms with Crippen molar-refractivity contribution in [2.45, 2.75) is 6.17 Å². The molecular formula is C21H19N5O. The summed E-state index contributed by atoms with van der Waals surface area (Å²) in [5.41, 5.74) is 19.2. The first-order chi connectivity index (χ1) is 13.2. The summed E-state index contributed by atoms with van der Waals surface area (Å²) in [7, 11) is 0. The number of hydrogen-bond acceptors (Lipinski definition) is 6. The van der Waals surface area contributed by atoms with Crippen LogP contribution < -0.4 is 16.9 Å². The minimum atomic E-state index is -0.611. The lowest BCUT2D eigenvalue weighted by Gasteiger charge is -2.11. The van der Waals surface area contributed by atoms with Crippen molar-refractivity contribution >= 4 is 16.7 Å². The van der Waals surface area contributed by atoms with Gasteiger partial charge in [-0.2, -0.15) is 5.48 Å². The van der Waals surface area contributed by atoms with E-state index in [1.54, 1.807) is 0 Å². The maximum absolute atomic E-state index is 8.91. The minimum Gasteiger partial charge on any atom is -0.384 e.